The molecular weight excluding hydrogens is 487 g/mol. The summed E-state index contributed by atoms with van der Waals surface area (Å²) in [5, 5.41) is 11.5. The Kier molecular flexibility index (Phi) is 5.11. The SMILES string of the molecule is COc1cccc(C2/C(=C(\O)c3ccc4c(c3)OCO4)C(=O)C(=O)N2c2nc3ccc(F)cc3s2)c1. The number of aromatic nitrogens is 1. The smallest absolute Gasteiger partial charge is 0.301 e. The van der Waals surface area contributed by atoms with Crippen LogP contribution >= 0.6 is 11.3 Å². The number of Topliss-reactive ketones (excluding diaryl/α,β-unsaturated/α-hetero) is 1. The molecule has 4 aromatic rings. The topological polar surface area (TPSA) is 98.2 Å². The van der Waals surface area contributed by atoms with E-state index in [9.17, 15) is 19.1 Å². The summed E-state index contributed by atoms with van der Waals surface area (Å²) < 4.78 is 30.4. The number of aliphatic hydroxyl groups excluding tert-OH is 1. The van der Waals surface area contributed by atoms with Crippen LogP contribution in [0.3, 0.4) is 0 Å². The van der Waals surface area contributed by atoms with Gasteiger partial charge >= 0.3 is 5.91 Å². The highest BCUT2D eigenvalue weighted by Crippen LogP contribution is 2.45. The molecule has 0 spiro atoms. The number of hydrogen-bond donors (Lipinski definition) is 1. The van der Waals surface area contributed by atoms with Crippen LogP contribution in [0, 0.1) is 5.82 Å². The maximum atomic E-state index is 13.8. The number of carbonyl (C=O) groups is 2. The Morgan fingerprint density at radius 1 is 1.11 bits per heavy atom. The zero-order valence-corrected chi connectivity index (χ0v) is 19.5. The molecule has 1 amide bonds. The van der Waals surface area contributed by atoms with E-state index in [1.165, 1.54) is 30.2 Å². The number of rotatable bonds is 4. The molecule has 10 heteroatoms. The van der Waals surface area contributed by atoms with Crippen LogP contribution in [-0.2, 0) is 9.59 Å². The molecule has 0 aliphatic carbocycles. The van der Waals surface area contributed by atoms with Gasteiger partial charge in [0.25, 0.3) is 5.78 Å². The molecule has 3 aromatic carbocycles. The van der Waals surface area contributed by atoms with Gasteiger partial charge in [-0.2, -0.15) is 0 Å². The fourth-order valence-corrected chi connectivity index (χ4v) is 5.36. The highest BCUT2D eigenvalue weighted by Gasteiger charge is 2.48. The first kappa shape index (κ1) is 22.1. The zero-order chi connectivity index (χ0) is 25.0. The molecule has 1 fully saturated rings. The van der Waals surface area contributed by atoms with E-state index < -0.39 is 23.5 Å². The van der Waals surface area contributed by atoms with Gasteiger partial charge in [-0.3, -0.25) is 14.5 Å². The van der Waals surface area contributed by atoms with Crippen molar-refractivity contribution in [3.63, 3.8) is 0 Å². The molecule has 6 rings (SSSR count). The molecular formula is C26H17FN2O6S. The molecule has 2 aliphatic rings. The van der Waals surface area contributed by atoms with Crippen LogP contribution < -0.4 is 19.1 Å². The predicted octanol–water partition coefficient (Wildman–Crippen LogP) is 4.80. The summed E-state index contributed by atoms with van der Waals surface area (Å²) in [6.45, 7) is 0.0476. The molecule has 2 aliphatic heterocycles. The molecule has 3 heterocycles. The minimum absolute atomic E-state index is 0.0476. The first-order valence-electron chi connectivity index (χ1n) is 10.9. The number of aliphatic hydroxyl groups is 1. The van der Waals surface area contributed by atoms with Gasteiger partial charge in [-0.25, -0.2) is 9.37 Å². The number of ketones is 1. The number of fused-ring (bicyclic) bond motifs is 2. The maximum Gasteiger partial charge on any atom is 0.301 e. The third-order valence-electron chi connectivity index (χ3n) is 6.05. The minimum Gasteiger partial charge on any atom is -0.507 e. The Balaban J connectivity index is 1.56. The molecule has 0 saturated carbocycles. The van der Waals surface area contributed by atoms with E-state index in [4.69, 9.17) is 14.2 Å². The summed E-state index contributed by atoms with van der Waals surface area (Å²) in [6, 6.07) is 14.7. The zero-order valence-electron chi connectivity index (χ0n) is 18.7. The number of benzene rings is 3. The summed E-state index contributed by atoms with van der Waals surface area (Å²) >= 11 is 1.08. The van der Waals surface area contributed by atoms with Crippen LogP contribution in [0.1, 0.15) is 17.2 Å². The fraction of sp³-hybridized carbons (Fsp3) is 0.115. The van der Waals surface area contributed by atoms with Crippen LogP contribution in [-0.4, -0.2) is 35.7 Å². The van der Waals surface area contributed by atoms with Crippen LogP contribution in [0.2, 0.25) is 0 Å². The van der Waals surface area contributed by atoms with Crippen molar-refractivity contribution in [3.8, 4) is 17.2 Å². The van der Waals surface area contributed by atoms with Crippen molar-refractivity contribution in [1.82, 2.24) is 4.98 Å². The van der Waals surface area contributed by atoms with Gasteiger partial charge in [0.15, 0.2) is 16.6 Å². The van der Waals surface area contributed by atoms with Crippen molar-refractivity contribution in [3.05, 3.63) is 83.2 Å². The first-order chi connectivity index (χ1) is 17.4. The number of carbonyl (C=O) groups excluding carboxylic acids is 2. The van der Waals surface area contributed by atoms with Gasteiger partial charge in [0.2, 0.25) is 6.79 Å². The van der Waals surface area contributed by atoms with E-state index in [1.54, 1.807) is 42.5 Å². The monoisotopic (exact) mass is 504 g/mol. The lowest BCUT2D eigenvalue weighted by Crippen LogP contribution is -2.29. The molecule has 1 saturated heterocycles. The van der Waals surface area contributed by atoms with E-state index in [2.05, 4.69) is 4.98 Å². The number of halogens is 1. The van der Waals surface area contributed by atoms with Gasteiger partial charge in [-0.05, 0) is 54.1 Å². The summed E-state index contributed by atoms with van der Waals surface area (Å²) in [7, 11) is 1.50. The lowest BCUT2D eigenvalue weighted by Gasteiger charge is -2.23. The van der Waals surface area contributed by atoms with Crippen molar-refractivity contribution in [2.75, 3.05) is 18.8 Å². The van der Waals surface area contributed by atoms with Crippen molar-refractivity contribution in [1.29, 1.82) is 0 Å². The average molecular weight is 504 g/mol. The fourth-order valence-electron chi connectivity index (χ4n) is 4.35. The Labute approximate surface area is 207 Å². The molecule has 36 heavy (non-hydrogen) atoms. The number of hydrogen-bond acceptors (Lipinski definition) is 8. The lowest BCUT2D eigenvalue weighted by molar-refractivity contribution is -0.132. The Hall–Kier alpha value is -4.44. The highest BCUT2D eigenvalue weighted by atomic mass is 32.1. The molecule has 180 valence electrons. The molecule has 1 N–H and O–H groups in total. The average Bonchev–Trinajstić information content (AvgIpc) is 3.59. The van der Waals surface area contributed by atoms with Gasteiger partial charge < -0.3 is 19.3 Å². The molecule has 0 bridgehead atoms. The Morgan fingerprint density at radius 2 is 1.94 bits per heavy atom. The minimum atomic E-state index is -1.00. The van der Waals surface area contributed by atoms with Crippen molar-refractivity contribution < 1.29 is 33.3 Å². The number of amides is 1. The predicted molar refractivity (Wildman–Crippen MR) is 130 cm³/mol. The van der Waals surface area contributed by atoms with E-state index >= 15 is 0 Å². The summed E-state index contributed by atoms with van der Waals surface area (Å²) in [5.74, 6) is -1.10. The van der Waals surface area contributed by atoms with Gasteiger partial charge in [0.05, 0.1) is 28.9 Å². The number of ether oxygens (including phenoxy) is 3. The number of anilines is 1. The summed E-state index contributed by atoms with van der Waals surface area (Å²) in [5.41, 5.74) is 1.19. The second kappa shape index (κ2) is 8.35. The van der Waals surface area contributed by atoms with E-state index in [0.717, 1.165) is 11.3 Å². The van der Waals surface area contributed by atoms with Crippen LogP contribution in [0.25, 0.3) is 16.0 Å². The second-order valence-electron chi connectivity index (χ2n) is 8.12. The van der Waals surface area contributed by atoms with Crippen molar-refractivity contribution in [2.24, 2.45) is 0 Å². The van der Waals surface area contributed by atoms with E-state index in [-0.39, 0.29) is 28.8 Å². The van der Waals surface area contributed by atoms with Gasteiger partial charge in [0.1, 0.15) is 17.3 Å². The van der Waals surface area contributed by atoms with E-state index in [1.807, 2.05) is 0 Å². The Morgan fingerprint density at radius 3 is 2.78 bits per heavy atom. The lowest BCUT2D eigenvalue weighted by atomic mass is 9.95. The molecule has 1 unspecified atom stereocenters. The molecule has 0 radical (unpaired) electrons. The van der Waals surface area contributed by atoms with Crippen molar-refractivity contribution >= 4 is 44.1 Å². The Bertz CT molecular complexity index is 1600. The normalized spacial score (nSPS) is 18.3. The number of nitrogens with zero attached hydrogens (tertiary/aromatic N) is 2. The molecule has 8 nitrogen and oxygen atoms in total. The van der Waals surface area contributed by atoms with Gasteiger partial charge in [-0.1, -0.05) is 23.5 Å². The third kappa shape index (κ3) is 3.45. The molecule has 1 aromatic heterocycles. The standard InChI is InChI=1S/C26H17FN2O6S/c1-33-16-4-2-3-13(9-16)22-21(23(30)14-5-8-18-19(10-14)35-12-34-18)24(31)25(32)29(22)26-28-17-7-6-15(27)11-20(17)36-26/h2-11,22,30H,12H2,1H3/b23-21+. The van der Waals surface area contributed by atoms with Crippen LogP contribution in [0.4, 0.5) is 9.52 Å². The van der Waals surface area contributed by atoms with E-state index in [0.29, 0.717) is 33.0 Å². The van der Waals surface area contributed by atoms with Gasteiger partial charge in [-0.15, -0.1) is 0 Å². The summed E-state index contributed by atoms with van der Waals surface area (Å²) in [4.78, 5) is 32.5. The van der Waals surface area contributed by atoms with Gasteiger partial charge in [0, 0.05) is 5.56 Å². The maximum absolute atomic E-state index is 13.8. The largest absolute Gasteiger partial charge is 0.507 e. The summed E-state index contributed by atoms with van der Waals surface area (Å²) in [6.07, 6.45) is 0. The molecule has 1 atom stereocenters. The van der Waals surface area contributed by atoms with Crippen LogP contribution in [0.15, 0.2) is 66.2 Å². The second-order valence-corrected chi connectivity index (χ2v) is 9.13. The first-order valence-corrected chi connectivity index (χ1v) is 11.7. The highest BCUT2D eigenvalue weighted by molar-refractivity contribution is 7.22. The number of thiazole rings is 1. The third-order valence-corrected chi connectivity index (χ3v) is 7.06. The number of methoxy groups -OCH3 is 1. The quantitative estimate of drug-likeness (QED) is 0.242. The van der Waals surface area contributed by atoms with Crippen LogP contribution in [0.5, 0.6) is 17.2 Å². The van der Waals surface area contributed by atoms with Crippen molar-refractivity contribution in [2.45, 2.75) is 6.04 Å².